The predicted molar refractivity (Wildman–Crippen MR) is 64.9 cm³/mol. The standard InChI is InChI=1S/C11H11F2N3S/c1-6-10(17-5-16-6)4-15-11-8(12)2-7(14)3-9(11)13/h2-3,5,15H,4,14H2,1H3. The summed E-state index contributed by atoms with van der Waals surface area (Å²) in [7, 11) is 0. The smallest absolute Gasteiger partial charge is 0.151 e. The van der Waals surface area contributed by atoms with Crippen molar-refractivity contribution in [2.24, 2.45) is 0 Å². The molecule has 3 nitrogen and oxygen atoms in total. The molecule has 0 unspecified atom stereocenters. The molecule has 0 aliphatic heterocycles. The maximum Gasteiger partial charge on any atom is 0.151 e. The average Bonchev–Trinajstić information content (AvgIpc) is 2.62. The average molecular weight is 255 g/mol. The van der Waals surface area contributed by atoms with Crippen molar-refractivity contribution in [3.8, 4) is 0 Å². The van der Waals surface area contributed by atoms with E-state index in [1.165, 1.54) is 11.3 Å². The van der Waals surface area contributed by atoms with Gasteiger partial charge in [0.05, 0.1) is 17.7 Å². The molecule has 0 saturated heterocycles. The van der Waals surface area contributed by atoms with Crippen molar-refractivity contribution in [3.05, 3.63) is 39.8 Å². The molecule has 0 amide bonds. The molecule has 0 aliphatic rings. The summed E-state index contributed by atoms with van der Waals surface area (Å²) in [6.45, 7) is 2.19. The Balaban J connectivity index is 2.17. The summed E-state index contributed by atoms with van der Waals surface area (Å²) in [4.78, 5) is 5.00. The van der Waals surface area contributed by atoms with Gasteiger partial charge in [-0.3, -0.25) is 0 Å². The van der Waals surface area contributed by atoms with Crippen LogP contribution in [-0.4, -0.2) is 4.98 Å². The second kappa shape index (κ2) is 4.67. The van der Waals surface area contributed by atoms with E-state index in [4.69, 9.17) is 5.73 Å². The van der Waals surface area contributed by atoms with Gasteiger partial charge in [-0.25, -0.2) is 13.8 Å². The quantitative estimate of drug-likeness (QED) is 0.829. The number of hydrogen-bond acceptors (Lipinski definition) is 4. The molecule has 6 heteroatoms. The lowest BCUT2D eigenvalue weighted by Crippen LogP contribution is -2.04. The number of nitrogens with one attached hydrogen (secondary N) is 1. The number of nitrogens with two attached hydrogens (primary N) is 1. The van der Waals surface area contributed by atoms with Gasteiger partial charge in [0.25, 0.3) is 0 Å². The molecule has 2 rings (SSSR count). The van der Waals surface area contributed by atoms with Crippen molar-refractivity contribution < 1.29 is 8.78 Å². The zero-order valence-corrected chi connectivity index (χ0v) is 9.94. The third-order valence-electron chi connectivity index (χ3n) is 2.34. The van der Waals surface area contributed by atoms with E-state index in [0.29, 0.717) is 6.54 Å². The van der Waals surface area contributed by atoms with E-state index in [2.05, 4.69) is 10.3 Å². The Bertz CT molecular complexity index is 516. The van der Waals surface area contributed by atoms with Gasteiger partial charge in [-0.1, -0.05) is 0 Å². The molecule has 0 bridgehead atoms. The number of hydrogen-bond donors (Lipinski definition) is 2. The van der Waals surface area contributed by atoms with Crippen molar-refractivity contribution in [2.75, 3.05) is 11.1 Å². The van der Waals surface area contributed by atoms with E-state index in [1.807, 2.05) is 6.92 Å². The lowest BCUT2D eigenvalue weighted by Gasteiger charge is -2.08. The van der Waals surface area contributed by atoms with Gasteiger partial charge < -0.3 is 11.1 Å². The van der Waals surface area contributed by atoms with Gasteiger partial charge in [0.2, 0.25) is 0 Å². The van der Waals surface area contributed by atoms with Crippen molar-refractivity contribution in [1.82, 2.24) is 4.98 Å². The molecule has 0 saturated carbocycles. The van der Waals surface area contributed by atoms with Gasteiger partial charge in [0, 0.05) is 10.6 Å². The molecule has 0 aliphatic carbocycles. The largest absolute Gasteiger partial charge is 0.399 e. The maximum atomic E-state index is 13.4. The van der Waals surface area contributed by atoms with Crippen LogP contribution in [-0.2, 0) is 6.54 Å². The summed E-state index contributed by atoms with van der Waals surface area (Å²) in [6.07, 6.45) is 0. The van der Waals surface area contributed by atoms with Gasteiger partial charge in [0.15, 0.2) is 11.6 Å². The molecule has 1 aromatic carbocycles. The molecular formula is C11H11F2N3S. The molecule has 0 fully saturated rings. The molecule has 1 heterocycles. The highest BCUT2D eigenvalue weighted by atomic mass is 32.1. The Morgan fingerprint density at radius 2 is 2.00 bits per heavy atom. The summed E-state index contributed by atoms with van der Waals surface area (Å²) >= 11 is 1.44. The van der Waals surface area contributed by atoms with Crippen LogP contribution in [0.15, 0.2) is 17.6 Å². The van der Waals surface area contributed by atoms with E-state index < -0.39 is 11.6 Å². The van der Waals surface area contributed by atoms with Gasteiger partial charge in [-0.15, -0.1) is 11.3 Å². The number of aromatic nitrogens is 1. The van der Waals surface area contributed by atoms with Crippen LogP contribution in [0.3, 0.4) is 0 Å². The van der Waals surface area contributed by atoms with Gasteiger partial charge in [0.1, 0.15) is 5.69 Å². The van der Waals surface area contributed by atoms with Crippen LogP contribution >= 0.6 is 11.3 Å². The normalized spacial score (nSPS) is 10.5. The van der Waals surface area contributed by atoms with E-state index in [-0.39, 0.29) is 11.4 Å². The van der Waals surface area contributed by atoms with Crippen LogP contribution < -0.4 is 11.1 Å². The predicted octanol–water partition coefficient (Wildman–Crippen LogP) is 2.92. The fourth-order valence-electron chi connectivity index (χ4n) is 1.43. The van der Waals surface area contributed by atoms with Gasteiger partial charge in [-0.2, -0.15) is 0 Å². The first-order chi connectivity index (χ1) is 8.08. The second-order valence-electron chi connectivity index (χ2n) is 3.57. The first-order valence-corrected chi connectivity index (χ1v) is 5.83. The van der Waals surface area contributed by atoms with Gasteiger partial charge in [-0.05, 0) is 19.1 Å². The first-order valence-electron chi connectivity index (χ1n) is 4.95. The van der Waals surface area contributed by atoms with Crippen molar-refractivity contribution in [3.63, 3.8) is 0 Å². The molecule has 0 spiro atoms. The summed E-state index contributed by atoms with van der Waals surface area (Å²) < 4.78 is 26.9. The fourth-order valence-corrected chi connectivity index (χ4v) is 2.14. The Labute approximate surface area is 101 Å². The summed E-state index contributed by atoms with van der Waals surface area (Å²) in [5, 5.41) is 2.72. The number of aryl methyl sites for hydroxylation is 1. The third kappa shape index (κ3) is 2.52. The third-order valence-corrected chi connectivity index (χ3v) is 3.27. The SMILES string of the molecule is Cc1ncsc1CNc1c(F)cc(N)cc1F. The topological polar surface area (TPSA) is 50.9 Å². The lowest BCUT2D eigenvalue weighted by atomic mass is 10.2. The molecule has 0 radical (unpaired) electrons. The maximum absolute atomic E-state index is 13.4. The lowest BCUT2D eigenvalue weighted by molar-refractivity contribution is 0.589. The first kappa shape index (κ1) is 11.8. The second-order valence-corrected chi connectivity index (χ2v) is 4.51. The minimum Gasteiger partial charge on any atom is -0.399 e. The van der Waals surface area contributed by atoms with Crippen molar-refractivity contribution in [2.45, 2.75) is 13.5 Å². The monoisotopic (exact) mass is 255 g/mol. The van der Waals surface area contributed by atoms with Crippen LogP contribution in [0.1, 0.15) is 10.6 Å². The van der Waals surface area contributed by atoms with E-state index in [9.17, 15) is 8.78 Å². The fraction of sp³-hybridized carbons (Fsp3) is 0.182. The number of nitrogens with zero attached hydrogens (tertiary/aromatic N) is 1. The number of rotatable bonds is 3. The molecule has 17 heavy (non-hydrogen) atoms. The Morgan fingerprint density at radius 1 is 1.35 bits per heavy atom. The molecule has 0 atom stereocenters. The summed E-state index contributed by atoms with van der Waals surface area (Å²) in [6, 6.07) is 2.18. The number of thiazole rings is 1. The zero-order valence-electron chi connectivity index (χ0n) is 9.13. The Kier molecular flexibility index (Phi) is 3.23. The number of halogens is 2. The van der Waals surface area contributed by atoms with Crippen molar-refractivity contribution >= 4 is 22.7 Å². The zero-order chi connectivity index (χ0) is 12.4. The highest BCUT2D eigenvalue weighted by molar-refractivity contribution is 7.09. The minimum absolute atomic E-state index is 0.0690. The van der Waals surface area contributed by atoms with E-state index in [0.717, 1.165) is 22.7 Å². The Hall–Kier alpha value is -1.69. The minimum atomic E-state index is -0.690. The molecule has 90 valence electrons. The number of anilines is 2. The molecular weight excluding hydrogens is 244 g/mol. The highest BCUT2D eigenvalue weighted by Gasteiger charge is 2.10. The summed E-state index contributed by atoms with van der Waals surface area (Å²) in [5.41, 5.74) is 7.79. The molecule has 1 aromatic heterocycles. The van der Waals surface area contributed by atoms with Crippen LogP contribution in [0.5, 0.6) is 0 Å². The van der Waals surface area contributed by atoms with Crippen LogP contribution in [0.25, 0.3) is 0 Å². The van der Waals surface area contributed by atoms with Crippen molar-refractivity contribution in [1.29, 1.82) is 0 Å². The molecule has 3 N–H and O–H groups in total. The van der Waals surface area contributed by atoms with Crippen LogP contribution in [0, 0.1) is 18.6 Å². The van der Waals surface area contributed by atoms with Gasteiger partial charge >= 0.3 is 0 Å². The molecule has 2 aromatic rings. The Morgan fingerprint density at radius 3 is 2.53 bits per heavy atom. The number of benzene rings is 1. The van der Waals surface area contributed by atoms with Crippen LogP contribution in [0.2, 0.25) is 0 Å². The highest BCUT2D eigenvalue weighted by Crippen LogP contribution is 2.23. The van der Waals surface area contributed by atoms with E-state index >= 15 is 0 Å². The number of nitrogen functional groups attached to an aromatic ring is 1. The summed E-state index contributed by atoms with van der Waals surface area (Å²) in [5.74, 6) is -1.38. The van der Waals surface area contributed by atoms with E-state index in [1.54, 1.807) is 5.51 Å². The van der Waals surface area contributed by atoms with Crippen LogP contribution in [0.4, 0.5) is 20.2 Å².